The molecule has 1 heterocycles. The summed E-state index contributed by atoms with van der Waals surface area (Å²) in [6, 6.07) is 4.42. The third-order valence-electron chi connectivity index (χ3n) is 2.94. The number of anilines is 1. The molecular weight excluding hydrogens is 196 g/mol. The third-order valence-corrected chi connectivity index (χ3v) is 3.16. The van der Waals surface area contributed by atoms with Gasteiger partial charge in [0.15, 0.2) is 0 Å². The number of halogens is 1. The lowest BCUT2D eigenvalue weighted by Gasteiger charge is -2.18. The molecule has 1 aliphatic carbocycles. The molecule has 76 valence electrons. The van der Waals surface area contributed by atoms with Crippen molar-refractivity contribution in [3.05, 3.63) is 23.5 Å². The van der Waals surface area contributed by atoms with Crippen molar-refractivity contribution in [1.29, 1.82) is 0 Å². The first kappa shape index (κ1) is 9.78. The Kier molecular flexibility index (Phi) is 2.92. The second kappa shape index (κ2) is 4.18. The van der Waals surface area contributed by atoms with Gasteiger partial charge in [0.05, 0.1) is 11.9 Å². The van der Waals surface area contributed by atoms with Gasteiger partial charge in [0.1, 0.15) is 5.15 Å². The van der Waals surface area contributed by atoms with Gasteiger partial charge in [0, 0.05) is 6.04 Å². The van der Waals surface area contributed by atoms with Crippen molar-refractivity contribution in [3.63, 3.8) is 0 Å². The van der Waals surface area contributed by atoms with Crippen LogP contribution in [0.3, 0.4) is 0 Å². The van der Waals surface area contributed by atoms with Crippen LogP contribution in [0.25, 0.3) is 0 Å². The normalized spacial score (nSPS) is 26.4. The number of nitrogens with zero attached hydrogens (tertiary/aromatic N) is 1. The molecule has 0 unspecified atom stereocenters. The minimum atomic E-state index is 0.551. The van der Waals surface area contributed by atoms with E-state index in [9.17, 15) is 0 Å². The second-order valence-electron chi connectivity index (χ2n) is 4.03. The summed E-state index contributed by atoms with van der Waals surface area (Å²) in [5, 5.41) is 4.05. The summed E-state index contributed by atoms with van der Waals surface area (Å²) >= 11 is 5.72. The van der Waals surface area contributed by atoms with Crippen LogP contribution in [0.2, 0.25) is 5.15 Å². The maximum absolute atomic E-state index is 5.72. The number of hydrogen-bond acceptors (Lipinski definition) is 2. The molecule has 1 N–H and O–H groups in total. The van der Waals surface area contributed by atoms with Crippen LogP contribution in [0.5, 0.6) is 0 Å². The Morgan fingerprint density at radius 3 is 2.86 bits per heavy atom. The zero-order valence-electron chi connectivity index (χ0n) is 8.33. The number of nitrogens with one attached hydrogen (secondary N) is 1. The fourth-order valence-electron chi connectivity index (χ4n) is 2.04. The summed E-state index contributed by atoms with van der Waals surface area (Å²) in [6.07, 6.45) is 5.73. The highest BCUT2D eigenvalue weighted by atomic mass is 35.5. The van der Waals surface area contributed by atoms with E-state index >= 15 is 0 Å². The molecule has 0 bridgehead atoms. The topological polar surface area (TPSA) is 24.9 Å². The standard InChI is InChI=1S/C11H15ClN2/c1-8-3-2-4-10(8)14-9-5-6-11(12)13-7-9/h5-8,10,14H,2-4H2,1H3/t8-,10+/m0/s1. The molecule has 3 heteroatoms. The second-order valence-corrected chi connectivity index (χ2v) is 4.42. The molecule has 1 saturated carbocycles. The van der Waals surface area contributed by atoms with Crippen molar-refractivity contribution in [1.82, 2.24) is 4.98 Å². The van der Waals surface area contributed by atoms with Crippen molar-refractivity contribution >= 4 is 17.3 Å². The first-order valence-corrected chi connectivity index (χ1v) is 5.51. The lowest BCUT2D eigenvalue weighted by molar-refractivity contribution is 0.556. The predicted octanol–water partition coefficient (Wildman–Crippen LogP) is 3.34. The van der Waals surface area contributed by atoms with E-state index in [4.69, 9.17) is 11.6 Å². The van der Waals surface area contributed by atoms with Gasteiger partial charge >= 0.3 is 0 Å². The van der Waals surface area contributed by atoms with Crippen molar-refractivity contribution in [2.75, 3.05) is 5.32 Å². The summed E-state index contributed by atoms with van der Waals surface area (Å²) in [4.78, 5) is 4.05. The molecule has 0 aromatic carbocycles. The average Bonchev–Trinajstić information content (AvgIpc) is 2.56. The molecule has 0 radical (unpaired) electrons. The first-order chi connectivity index (χ1) is 6.75. The predicted molar refractivity (Wildman–Crippen MR) is 59.7 cm³/mol. The molecule has 0 spiro atoms. The lowest BCUT2D eigenvalue weighted by Crippen LogP contribution is -2.21. The van der Waals surface area contributed by atoms with Gasteiger partial charge in [-0.25, -0.2) is 4.98 Å². The van der Waals surface area contributed by atoms with Crippen LogP contribution in [0.4, 0.5) is 5.69 Å². The van der Waals surface area contributed by atoms with E-state index in [0.29, 0.717) is 11.2 Å². The Balaban J connectivity index is 2.00. The average molecular weight is 211 g/mol. The minimum Gasteiger partial charge on any atom is -0.381 e. The highest BCUT2D eigenvalue weighted by molar-refractivity contribution is 6.29. The molecule has 14 heavy (non-hydrogen) atoms. The fraction of sp³-hybridized carbons (Fsp3) is 0.545. The fourth-order valence-corrected chi connectivity index (χ4v) is 2.15. The van der Waals surface area contributed by atoms with Gasteiger partial charge in [0.2, 0.25) is 0 Å². The van der Waals surface area contributed by atoms with E-state index in [1.54, 1.807) is 6.20 Å². The van der Waals surface area contributed by atoms with Crippen LogP contribution in [0.15, 0.2) is 18.3 Å². The van der Waals surface area contributed by atoms with E-state index in [1.807, 2.05) is 12.1 Å². The maximum atomic E-state index is 5.72. The van der Waals surface area contributed by atoms with Crippen molar-refractivity contribution in [2.45, 2.75) is 32.2 Å². The largest absolute Gasteiger partial charge is 0.381 e. The van der Waals surface area contributed by atoms with Crippen LogP contribution < -0.4 is 5.32 Å². The molecule has 0 amide bonds. The van der Waals surface area contributed by atoms with Gasteiger partial charge in [-0.15, -0.1) is 0 Å². The smallest absolute Gasteiger partial charge is 0.129 e. The molecule has 0 saturated heterocycles. The summed E-state index contributed by atoms with van der Waals surface area (Å²) in [5.41, 5.74) is 1.08. The van der Waals surface area contributed by atoms with E-state index in [0.717, 1.165) is 11.6 Å². The highest BCUT2D eigenvalue weighted by Gasteiger charge is 2.22. The lowest BCUT2D eigenvalue weighted by atomic mass is 10.1. The molecule has 1 aromatic rings. The Labute approximate surface area is 89.7 Å². The zero-order valence-corrected chi connectivity index (χ0v) is 9.09. The Hall–Kier alpha value is -0.760. The van der Waals surface area contributed by atoms with Crippen LogP contribution in [-0.2, 0) is 0 Å². The van der Waals surface area contributed by atoms with Gasteiger partial charge < -0.3 is 5.32 Å². The van der Waals surface area contributed by atoms with E-state index < -0.39 is 0 Å². The molecular formula is C11H15ClN2. The summed E-state index contributed by atoms with van der Waals surface area (Å²) < 4.78 is 0. The molecule has 2 nitrogen and oxygen atoms in total. The number of pyridine rings is 1. The van der Waals surface area contributed by atoms with E-state index in [2.05, 4.69) is 17.2 Å². The molecule has 1 fully saturated rings. The summed E-state index contributed by atoms with van der Waals surface area (Å²) in [7, 11) is 0. The maximum Gasteiger partial charge on any atom is 0.129 e. The molecule has 2 rings (SSSR count). The molecule has 0 aliphatic heterocycles. The van der Waals surface area contributed by atoms with Crippen LogP contribution in [-0.4, -0.2) is 11.0 Å². The Bertz CT molecular complexity index is 297. The SMILES string of the molecule is C[C@H]1CCC[C@H]1Nc1ccc(Cl)nc1. The number of hydrogen-bond donors (Lipinski definition) is 1. The molecule has 1 aliphatic rings. The molecule has 2 atom stereocenters. The Morgan fingerprint density at radius 2 is 2.29 bits per heavy atom. The van der Waals surface area contributed by atoms with Crippen LogP contribution >= 0.6 is 11.6 Å². The quantitative estimate of drug-likeness (QED) is 0.758. The van der Waals surface area contributed by atoms with Gasteiger partial charge in [-0.1, -0.05) is 24.9 Å². The Morgan fingerprint density at radius 1 is 1.43 bits per heavy atom. The summed E-state index contributed by atoms with van der Waals surface area (Å²) in [5.74, 6) is 0.769. The first-order valence-electron chi connectivity index (χ1n) is 5.14. The monoisotopic (exact) mass is 210 g/mol. The summed E-state index contributed by atoms with van der Waals surface area (Å²) in [6.45, 7) is 2.30. The van der Waals surface area contributed by atoms with Crippen molar-refractivity contribution < 1.29 is 0 Å². The minimum absolute atomic E-state index is 0.551. The van der Waals surface area contributed by atoms with Gasteiger partial charge in [-0.05, 0) is 30.9 Å². The van der Waals surface area contributed by atoms with E-state index in [1.165, 1.54) is 19.3 Å². The van der Waals surface area contributed by atoms with Gasteiger partial charge in [-0.3, -0.25) is 0 Å². The van der Waals surface area contributed by atoms with Gasteiger partial charge in [0.25, 0.3) is 0 Å². The van der Waals surface area contributed by atoms with Gasteiger partial charge in [-0.2, -0.15) is 0 Å². The van der Waals surface area contributed by atoms with E-state index in [-0.39, 0.29) is 0 Å². The number of rotatable bonds is 2. The van der Waals surface area contributed by atoms with Crippen molar-refractivity contribution in [3.8, 4) is 0 Å². The molecule has 1 aromatic heterocycles. The number of aromatic nitrogens is 1. The van der Waals surface area contributed by atoms with Crippen molar-refractivity contribution in [2.24, 2.45) is 5.92 Å². The van der Waals surface area contributed by atoms with Crippen LogP contribution in [0, 0.1) is 5.92 Å². The van der Waals surface area contributed by atoms with Crippen LogP contribution in [0.1, 0.15) is 26.2 Å². The zero-order chi connectivity index (χ0) is 9.97. The highest BCUT2D eigenvalue weighted by Crippen LogP contribution is 2.27. The third kappa shape index (κ3) is 2.18.